The first-order chi connectivity index (χ1) is 16.9. The first-order valence-corrected chi connectivity index (χ1v) is 12.7. The molecule has 2 N–H and O–H groups in total. The molecule has 0 bridgehead atoms. The minimum absolute atomic E-state index is 0.168. The van der Waals surface area contributed by atoms with E-state index in [2.05, 4.69) is 4.98 Å². The Morgan fingerprint density at radius 3 is 2.51 bits per heavy atom. The normalized spacial score (nSPS) is 16.5. The predicted molar refractivity (Wildman–Crippen MR) is 135 cm³/mol. The number of amides is 3. The molecule has 2 aromatic heterocycles. The van der Waals surface area contributed by atoms with Gasteiger partial charge < -0.3 is 10.5 Å². The minimum atomic E-state index is -0.592. The fourth-order valence-corrected chi connectivity index (χ4v) is 5.19. The summed E-state index contributed by atoms with van der Waals surface area (Å²) in [6.45, 7) is 4.87. The predicted octanol–water partition coefficient (Wildman–Crippen LogP) is 3.59. The molecule has 35 heavy (non-hydrogen) atoms. The lowest BCUT2D eigenvalue weighted by atomic mass is 10.0. The summed E-state index contributed by atoms with van der Waals surface area (Å²) < 4.78 is 6.87. The topological polar surface area (TPSA) is 106 Å². The molecule has 9 heteroatoms. The maximum atomic E-state index is 12.9. The van der Waals surface area contributed by atoms with Crippen molar-refractivity contribution in [2.24, 2.45) is 5.73 Å². The van der Waals surface area contributed by atoms with Crippen LogP contribution in [0, 0.1) is 0 Å². The van der Waals surface area contributed by atoms with E-state index in [1.807, 2.05) is 60.5 Å². The number of hydrogen-bond donors (Lipinski definition) is 1. The molecule has 0 radical (unpaired) electrons. The molecule has 2 atom stereocenters. The molecule has 1 aliphatic heterocycles. The molecular formula is C26H30N4O4S. The van der Waals surface area contributed by atoms with Gasteiger partial charge in [0.25, 0.3) is 5.91 Å². The van der Waals surface area contributed by atoms with Crippen molar-refractivity contribution in [2.45, 2.75) is 51.8 Å². The zero-order chi connectivity index (χ0) is 24.9. The molecule has 1 fully saturated rings. The van der Waals surface area contributed by atoms with E-state index in [9.17, 15) is 14.4 Å². The molecule has 0 spiro atoms. The summed E-state index contributed by atoms with van der Waals surface area (Å²) in [5.41, 5.74) is 7.61. The third-order valence-electron chi connectivity index (χ3n) is 6.23. The number of pyridine rings is 1. The van der Waals surface area contributed by atoms with Crippen LogP contribution in [0.3, 0.4) is 0 Å². The summed E-state index contributed by atoms with van der Waals surface area (Å²) in [4.78, 5) is 45.6. The van der Waals surface area contributed by atoms with Crippen LogP contribution in [0.5, 0.6) is 5.88 Å². The second-order valence-electron chi connectivity index (χ2n) is 8.87. The zero-order valence-corrected chi connectivity index (χ0v) is 20.8. The number of hydrogen-bond acceptors (Lipinski definition) is 7. The van der Waals surface area contributed by atoms with Gasteiger partial charge in [0.2, 0.25) is 17.7 Å². The number of rotatable bonds is 10. The van der Waals surface area contributed by atoms with Gasteiger partial charge in [0, 0.05) is 12.6 Å². The highest BCUT2D eigenvalue weighted by Crippen LogP contribution is 2.27. The van der Waals surface area contributed by atoms with E-state index in [1.165, 1.54) is 16.2 Å². The Bertz CT molecular complexity index is 1190. The van der Waals surface area contributed by atoms with Gasteiger partial charge in [0.15, 0.2) is 0 Å². The Labute approximate surface area is 208 Å². The fourth-order valence-electron chi connectivity index (χ4n) is 4.43. The lowest BCUT2D eigenvalue weighted by molar-refractivity contribution is -0.155. The van der Waals surface area contributed by atoms with Crippen LogP contribution in [0.1, 0.15) is 49.0 Å². The molecular weight excluding hydrogens is 464 g/mol. The van der Waals surface area contributed by atoms with Gasteiger partial charge in [-0.2, -0.15) is 0 Å². The van der Waals surface area contributed by atoms with E-state index in [-0.39, 0.29) is 48.5 Å². The lowest BCUT2D eigenvalue weighted by Crippen LogP contribution is -2.57. The molecule has 1 aromatic carbocycles. The Morgan fingerprint density at radius 1 is 1.14 bits per heavy atom. The summed E-state index contributed by atoms with van der Waals surface area (Å²) in [6, 6.07) is 13.2. The number of primary amides is 1. The molecule has 0 unspecified atom stereocenters. The molecule has 0 aliphatic carbocycles. The Morgan fingerprint density at radius 2 is 1.86 bits per heavy atom. The summed E-state index contributed by atoms with van der Waals surface area (Å²) >= 11 is 1.48. The van der Waals surface area contributed by atoms with Crippen LogP contribution in [0.25, 0.3) is 10.2 Å². The zero-order valence-electron chi connectivity index (χ0n) is 20.0. The van der Waals surface area contributed by atoms with E-state index < -0.39 is 5.91 Å². The van der Waals surface area contributed by atoms with E-state index >= 15 is 0 Å². The van der Waals surface area contributed by atoms with Gasteiger partial charge in [-0.1, -0.05) is 37.3 Å². The number of nitrogens with zero attached hydrogens (tertiary/aromatic N) is 3. The smallest absolute Gasteiger partial charge is 0.254 e. The standard InChI is InChI=1S/C26H30N4O4S/c1-3-19(30-23(31)15-29(16-24(30)32)14-18-7-5-4-6-8-18)10-9-17(2)34-26-20(25(27)33)13-22-21(28-26)11-12-35-22/h4-8,11-13,17,19H,3,9-10,14-16H2,1-2H3,(H2,27,33)/t17-,19-/m0/s1. The van der Waals surface area contributed by atoms with E-state index in [1.54, 1.807) is 6.07 Å². The quantitative estimate of drug-likeness (QED) is 0.432. The summed E-state index contributed by atoms with van der Waals surface area (Å²) in [5.74, 6) is -0.715. The van der Waals surface area contributed by atoms with Crippen LogP contribution in [-0.4, -0.2) is 57.7 Å². The van der Waals surface area contributed by atoms with E-state index in [0.29, 0.717) is 25.8 Å². The third kappa shape index (κ3) is 5.86. The molecule has 0 saturated carbocycles. The molecule has 8 nitrogen and oxygen atoms in total. The number of nitrogens with two attached hydrogens (primary N) is 1. The van der Waals surface area contributed by atoms with Gasteiger partial charge in [-0.25, -0.2) is 4.98 Å². The van der Waals surface area contributed by atoms with Crippen LogP contribution in [0.4, 0.5) is 0 Å². The second-order valence-corrected chi connectivity index (χ2v) is 9.81. The SMILES string of the molecule is CC[C@@H](CC[C@H](C)Oc1nc2ccsc2cc1C(N)=O)N1C(=O)CN(Cc2ccccc2)CC1=O. The average Bonchev–Trinajstić information content (AvgIpc) is 3.28. The van der Waals surface area contributed by atoms with Crippen molar-refractivity contribution in [3.05, 3.63) is 59.0 Å². The molecule has 4 rings (SSSR count). The van der Waals surface area contributed by atoms with Gasteiger partial charge in [0.05, 0.1) is 29.4 Å². The lowest BCUT2D eigenvalue weighted by Gasteiger charge is -2.37. The highest BCUT2D eigenvalue weighted by atomic mass is 32.1. The first-order valence-electron chi connectivity index (χ1n) is 11.8. The first kappa shape index (κ1) is 24.8. The Hall–Kier alpha value is -3.30. The van der Waals surface area contributed by atoms with Crippen molar-refractivity contribution in [3.63, 3.8) is 0 Å². The van der Waals surface area contributed by atoms with Gasteiger partial charge in [-0.05, 0) is 49.3 Å². The van der Waals surface area contributed by atoms with Crippen molar-refractivity contribution >= 4 is 39.3 Å². The monoisotopic (exact) mass is 494 g/mol. The number of ether oxygens (including phenoxy) is 1. The van der Waals surface area contributed by atoms with Gasteiger partial charge in [-0.15, -0.1) is 11.3 Å². The van der Waals surface area contributed by atoms with E-state index in [0.717, 1.165) is 15.8 Å². The summed E-state index contributed by atoms with van der Waals surface area (Å²) in [5, 5.41) is 1.90. The number of fused-ring (bicyclic) bond motifs is 1. The average molecular weight is 495 g/mol. The number of aromatic nitrogens is 1. The second kappa shape index (κ2) is 11.0. The molecule has 3 amide bonds. The van der Waals surface area contributed by atoms with Crippen molar-refractivity contribution in [2.75, 3.05) is 13.1 Å². The number of thiophene rings is 1. The Kier molecular flexibility index (Phi) is 7.77. The number of imide groups is 1. The number of benzene rings is 1. The molecule has 3 aromatic rings. The molecule has 3 heterocycles. The Balaban J connectivity index is 1.37. The van der Waals surface area contributed by atoms with Crippen molar-refractivity contribution in [3.8, 4) is 5.88 Å². The summed E-state index contributed by atoms with van der Waals surface area (Å²) in [7, 11) is 0. The molecule has 1 aliphatic rings. The fraction of sp³-hybridized carbons (Fsp3) is 0.385. The summed E-state index contributed by atoms with van der Waals surface area (Å²) in [6.07, 6.45) is 1.56. The van der Waals surface area contributed by atoms with E-state index in [4.69, 9.17) is 10.5 Å². The van der Waals surface area contributed by atoms with Crippen LogP contribution < -0.4 is 10.5 Å². The van der Waals surface area contributed by atoms with Gasteiger partial charge in [0.1, 0.15) is 5.56 Å². The van der Waals surface area contributed by atoms with Crippen molar-refractivity contribution in [1.82, 2.24) is 14.8 Å². The van der Waals surface area contributed by atoms with Crippen molar-refractivity contribution < 1.29 is 19.1 Å². The third-order valence-corrected chi connectivity index (χ3v) is 7.08. The van der Waals surface area contributed by atoms with Crippen LogP contribution in [0.15, 0.2) is 47.8 Å². The number of piperazine rings is 1. The van der Waals surface area contributed by atoms with Crippen LogP contribution in [0.2, 0.25) is 0 Å². The van der Waals surface area contributed by atoms with Crippen LogP contribution in [-0.2, 0) is 16.1 Å². The minimum Gasteiger partial charge on any atom is -0.474 e. The largest absolute Gasteiger partial charge is 0.474 e. The maximum absolute atomic E-state index is 12.9. The maximum Gasteiger partial charge on any atom is 0.254 e. The number of carbonyl (C=O) groups is 3. The molecule has 184 valence electrons. The van der Waals surface area contributed by atoms with Gasteiger partial charge in [-0.3, -0.25) is 24.2 Å². The van der Waals surface area contributed by atoms with Crippen molar-refractivity contribution in [1.29, 1.82) is 0 Å². The van der Waals surface area contributed by atoms with Crippen LogP contribution >= 0.6 is 11.3 Å². The number of carbonyl (C=O) groups excluding carboxylic acids is 3. The van der Waals surface area contributed by atoms with Gasteiger partial charge >= 0.3 is 0 Å². The molecule has 1 saturated heterocycles. The highest BCUT2D eigenvalue weighted by Gasteiger charge is 2.35. The highest BCUT2D eigenvalue weighted by molar-refractivity contribution is 7.17.